The van der Waals surface area contributed by atoms with E-state index in [1.807, 2.05) is 30.3 Å². The first-order valence-electron chi connectivity index (χ1n) is 6.16. The van der Waals surface area contributed by atoms with E-state index in [4.69, 9.17) is 10.5 Å². The van der Waals surface area contributed by atoms with Crippen LogP contribution in [0.3, 0.4) is 0 Å². The molecule has 0 bridgehead atoms. The summed E-state index contributed by atoms with van der Waals surface area (Å²) in [6.45, 7) is 0. The van der Waals surface area contributed by atoms with Crippen LogP contribution in [0.2, 0.25) is 0 Å². The van der Waals surface area contributed by atoms with Gasteiger partial charge >= 0.3 is 5.97 Å². The zero-order valence-electron chi connectivity index (χ0n) is 10.9. The molecule has 3 rings (SSSR count). The average Bonchev–Trinajstić information content (AvgIpc) is 2.87. The number of thiophene rings is 1. The molecule has 0 radical (unpaired) electrons. The molecule has 4 heteroatoms. The molecule has 0 saturated heterocycles. The van der Waals surface area contributed by atoms with E-state index in [1.165, 1.54) is 18.4 Å². The number of rotatable bonds is 2. The van der Waals surface area contributed by atoms with Gasteiger partial charge in [0.25, 0.3) is 0 Å². The fraction of sp³-hybridized carbons (Fsp3) is 0.0625. The zero-order chi connectivity index (χ0) is 14.1. The number of benzene rings is 2. The van der Waals surface area contributed by atoms with Crippen molar-refractivity contribution in [2.75, 3.05) is 12.8 Å². The van der Waals surface area contributed by atoms with E-state index in [0.717, 1.165) is 21.2 Å². The van der Waals surface area contributed by atoms with Crippen LogP contribution in [0.15, 0.2) is 48.5 Å². The molecular weight excluding hydrogens is 270 g/mol. The molecule has 2 aromatic carbocycles. The summed E-state index contributed by atoms with van der Waals surface area (Å²) in [5, 5.41) is 2.31. The monoisotopic (exact) mass is 283 g/mol. The second kappa shape index (κ2) is 4.98. The zero-order valence-corrected chi connectivity index (χ0v) is 11.7. The van der Waals surface area contributed by atoms with Crippen molar-refractivity contribution in [3.63, 3.8) is 0 Å². The number of ether oxygens (including phenoxy) is 1. The molecule has 0 aliphatic carbocycles. The molecule has 0 saturated carbocycles. The molecule has 0 atom stereocenters. The van der Waals surface area contributed by atoms with Gasteiger partial charge in [0.2, 0.25) is 0 Å². The predicted octanol–water partition coefficient (Wildman–Crippen LogP) is 3.94. The van der Waals surface area contributed by atoms with Gasteiger partial charge in [0.15, 0.2) is 0 Å². The summed E-state index contributed by atoms with van der Waals surface area (Å²) in [7, 11) is 1.36. The van der Waals surface area contributed by atoms with E-state index in [9.17, 15) is 4.79 Å². The Morgan fingerprint density at radius 1 is 1.15 bits per heavy atom. The number of hydrogen-bond donors (Lipinski definition) is 1. The van der Waals surface area contributed by atoms with Gasteiger partial charge in [-0.05, 0) is 22.4 Å². The van der Waals surface area contributed by atoms with Crippen molar-refractivity contribution in [2.45, 2.75) is 0 Å². The Labute approximate surface area is 120 Å². The van der Waals surface area contributed by atoms with Crippen molar-refractivity contribution in [3.05, 3.63) is 53.4 Å². The van der Waals surface area contributed by atoms with Crippen LogP contribution in [0.4, 0.5) is 5.69 Å². The maximum absolute atomic E-state index is 11.7. The molecule has 0 fully saturated rings. The lowest BCUT2D eigenvalue weighted by molar-refractivity contribution is 0.0607. The van der Waals surface area contributed by atoms with Crippen molar-refractivity contribution >= 4 is 33.8 Å². The summed E-state index contributed by atoms with van der Waals surface area (Å²) in [4.78, 5) is 13.1. The van der Waals surface area contributed by atoms with E-state index in [1.54, 1.807) is 0 Å². The van der Waals surface area contributed by atoms with Crippen LogP contribution < -0.4 is 5.73 Å². The van der Waals surface area contributed by atoms with E-state index in [2.05, 4.69) is 18.2 Å². The molecular formula is C16H13NO2S. The molecule has 1 aromatic heterocycles. The summed E-state index contributed by atoms with van der Waals surface area (Å²) in [5.41, 5.74) is 7.45. The van der Waals surface area contributed by atoms with Crippen molar-refractivity contribution in [1.29, 1.82) is 0 Å². The standard InChI is InChI=1S/C16H13NO2S/c1-19-16(18)15-13(17)9-14(20-15)12-8-4-6-10-5-2-3-7-11(10)12/h2-9H,17H2,1H3. The fourth-order valence-electron chi connectivity index (χ4n) is 2.23. The smallest absolute Gasteiger partial charge is 0.350 e. The number of carbonyl (C=O) groups is 1. The van der Waals surface area contributed by atoms with Crippen LogP contribution in [-0.2, 0) is 4.74 Å². The number of fused-ring (bicyclic) bond motifs is 1. The Morgan fingerprint density at radius 3 is 2.70 bits per heavy atom. The van der Waals surface area contributed by atoms with Crippen LogP contribution in [0.25, 0.3) is 21.2 Å². The van der Waals surface area contributed by atoms with E-state index >= 15 is 0 Å². The van der Waals surface area contributed by atoms with Crippen LogP contribution >= 0.6 is 11.3 Å². The first-order chi connectivity index (χ1) is 9.70. The summed E-state index contributed by atoms with van der Waals surface area (Å²) < 4.78 is 4.75. The molecule has 0 amide bonds. The fourth-order valence-corrected chi connectivity index (χ4v) is 3.27. The molecule has 3 nitrogen and oxygen atoms in total. The summed E-state index contributed by atoms with van der Waals surface area (Å²) in [6.07, 6.45) is 0. The molecule has 0 unspecified atom stereocenters. The molecule has 0 spiro atoms. The predicted molar refractivity (Wildman–Crippen MR) is 83.0 cm³/mol. The third kappa shape index (κ3) is 2.04. The Hall–Kier alpha value is -2.33. The number of carbonyl (C=O) groups excluding carboxylic acids is 1. The van der Waals surface area contributed by atoms with Gasteiger partial charge in [0.1, 0.15) is 4.88 Å². The van der Waals surface area contributed by atoms with Gasteiger partial charge in [-0.3, -0.25) is 0 Å². The Bertz CT molecular complexity index is 787. The summed E-state index contributed by atoms with van der Waals surface area (Å²) in [5.74, 6) is -0.390. The number of anilines is 1. The minimum Gasteiger partial charge on any atom is -0.465 e. The Kier molecular flexibility index (Phi) is 3.16. The van der Waals surface area contributed by atoms with Crippen molar-refractivity contribution < 1.29 is 9.53 Å². The van der Waals surface area contributed by atoms with E-state index < -0.39 is 0 Å². The van der Waals surface area contributed by atoms with Gasteiger partial charge in [-0.2, -0.15) is 0 Å². The number of methoxy groups -OCH3 is 1. The van der Waals surface area contributed by atoms with Gasteiger partial charge in [0.05, 0.1) is 12.8 Å². The normalized spacial score (nSPS) is 10.7. The summed E-state index contributed by atoms with van der Waals surface area (Å²) >= 11 is 1.36. The third-order valence-corrected chi connectivity index (χ3v) is 4.35. The second-order valence-corrected chi connectivity index (χ2v) is 5.47. The SMILES string of the molecule is COC(=O)c1sc(-c2cccc3ccccc23)cc1N. The minimum atomic E-state index is -0.390. The van der Waals surface area contributed by atoms with E-state index in [0.29, 0.717) is 10.6 Å². The van der Waals surface area contributed by atoms with Crippen molar-refractivity contribution in [3.8, 4) is 10.4 Å². The van der Waals surface area contributed by atoms with Crippen LogP contribution in [0.5, 0.6) is 0 Å². The summed E-state index contributed by atoms with van der Waals surface area (Å²) in [6, 6.07) is 16.1. The van der Waals surface area contributed by atoms with Crippen LogP contribution in [-0.4, -0.2) is 13.1 Å². The molecule has 3 aromatic rings. The van der Waals surface area contributed by atoms with Crippen molar-refractivity contribution in [1.82, 2.24) is 0 Å². The highest BCUT2D eigenvalue weighted by atomic mass is 32.1. The first-order valence-corrected chi connectivity index (χ1v) is 6.98. The quantitative estimate of drug-likeness (QED) is 0.725. The van der Waals surface area contributed by atoms with Gasteiger partial charge in [0, 0.05) is 4.88 Å². The number of nitrogen functional groups attached to an aromatic ring is 1. The third-order valence-electron chi connectivity index (χ3n) is 3.19. The molecule has 1 heterocycles. The van der Waals surface area contributed by atoms with Crippen LogP contribution in [0, 0.1) is 0 Å². The molecule has 0 aliphatic rings. The maximum Gasteiger partial charge on any atom is 0.350 e. The molecule has 0 aliphatic heterocycles. The lowest BCUT2D eigenvalue weighted by Crippen LogP contribution is -2.00. The van der Waals surface area contributed by atoms with Crippen LogP contribution in [0.1, 0.15) is 9.67 Å². The second-order valence-electron chi connectivity index (χ2n) is 4.41. The van der Waals surface area contributed by atoms with Gasteiger partial charge < -0.3 is 10.5 Å². The largest absolute Gasteiger partial charge is 0.465 e. The Balaban J connectivity index is 2.19. The number of hydrogen-bond acceptors (Lipinski definition) is 4. The highest BCUT2D eigenvalue weighted by molar-refractivity contribution is 7.18. The highest BCUT2D eigenvalue weighted by Crippen LogP contribution is 2.37. The molecule has 2 N–H and O–H groups in total. The topological polar surface area (TPSA) is 52.3 Å². The molecule has 100 valence electrons. The minimum absolute atomic E-state index is 0.390. The first kappa shape index (κ1) is 12.7. The lowest BCUT2D eigenvalue weighted by Gasteiger charge is -2.03. The average molecular weight is 283 g/mol. The Morgan fingerprint density at radius 2 is 1.90 bits per heavy atom. The lowest BCUT2D eigenvalue weighted by atomic mass is 10.0. The van der Waals surface area contributed by atoms with Gasteiger partial charge in [-0.1, -0.05) is 42.5 Å². The van der Waals surface area contributed by atoms with Gasteiger partial charge in [-0.15, -0.1) is 11.3 Å². The highest BCUT2D eigenvalue weighted by Gasteiger charge is 2.16. The van der Waals surface area contributed by atoms with E-state index in [-0.39, 0.29) is 5.97 Å². The van der Waals surface area contributed by atoms with Crippen molar-refractivity contribution in [2.24, 2.45) is 0 Å². The number of nitrogens with two attached hydrogens (primary N) is 1. The molecule has 20 heavy (non-hydrogen) atoms. The maximum atomic E-state index is 11.7. The number of esters is 1. The van der Waals surface area contributed by atoms with Gasteiger partial charge in [-0.25, -0.2) is 4.79 Å².